The van der Waals surface area contributed by atoms with Gasteiger partial charge in [0.2, 0.25) is 0 Å². The van der Waals surface area contributed by atoms with E-state index in [2.05, 4.69) is 10.6 Å². The number of amides is 2. The molecule has 0 radical (unpaired) electrons. The van der Waals surface area contributed by atoms with Crippen molar-refractivity contribution < 1.29 is 29.3 Å². The maximum absolute atomic E-state index is 11.7. The Morgan fingerprint density at radius 3 is 2.50 bits per heavy atom. The first-order valence-electron chi connectivity index (χ1n) is 6.35. The van der Waals surface area contributed by atoms with Crippen LogP contribution in [0.3, 0.4) is 0 Å². The van der Waals surface area contributed by atoms with Crippen molar-refractivity contribution in [3.63, 3.8) is 0 Å². The van der Waals surface area contributed by atoms with E-state index in [0.29, 0.717) is 19.4 Å². The summed E-state index contributed by atoms with van der Waals surface area (Å²) in [5.74, 6) is -2.67. The Kier molecular flexibility index (Phi) is 5.32. The van der Waals surface area contributed by atoms with Gasteiger partial charge in [0.15, 0.2) is 0 Å². The van der Waals surface area contributed by atoms with Gasteiger partial charge in [-0.1, -0.05) is 0 Å². The van der Waals surface area contributed by atoms with Gasteiger partial charge in [0.05, 0.1) is 12.0 Å². The molecule has 2 amide bonds. The van der Waals surface area contributed by atoms with Crippen LogP contribution in [0.4, 0.5) is 4.79 Å². The molecule has 0 aromatic rings. The number of urea groups is 1. The molecule has 1 unspecified atom stereocenters. The van der Waals surface area contributed by atoms with Crippen LogP contribution in [0, 0.1) is 0 Å². The minimum absolute atomic E-state index is 0.127. The summed E-state index contributed by atoms with van der Waals surface area (Å²) in [6.45, 7) is 4.32. The average molecular weight is 288 g/mol. The zero-order valence-corrected chi connectivity index (χ0v) is 11.5. The Morgan fingerprint density at radius 1 is 1.35 bits per heavy atom. The quantitative estimate of drug-likeness (QED) is 0.571. The van der Waals surface area contributed by atoms with Crippen LogP contribution in [0.2, 0.25) is 0 Å². The lowest BCUT2D eigenvalue weighted by molar-refractivity contribution is -0.145. The molecule has 0 aromatic heterocycles. The smallest absolute Gasteiger partial charge is 0.326 e. The fraction of sp³-hybridized carbons (Fsp3) is 0.750. The number of carboxylic acid groups (broad SMARTS) is 2. The first kappa shape index (κ1) is 16.2. The molecule has 8 heteroatoms. The van der Waals surface area contributed by atoms with Gasteiger partial charge in [-0.05, 0) is 26.7 Å². The van der Waals surface area contributed by atoms with Gasteiger partial charge in [0, 0.05) is 12.6 Å². The van der Waals surface area contributed by atoms with Gasteiger partial charge in [0.25, 0.3) is 0 Å². The van der Waals surface area contributed by atoms with Gasteiger partial charge in [-0.2, -0.15) is 0 Å². The van der Waals surface area contributed by atoms with Gasteiger partial charge in [0.1, 0.15) is 6.04 Å². The minimum Gasteiger partial charge on any atom is -0.481 e. The first-order valence-corrected chi connectivity index (χ1v) is 6.35. The zero-order valence-electron chi connectivity index (χ0n) is 11.5. The predicted molar refractivity (Wildman–Crippen MR) is 68.4 cm³/mol. The molecule has 8 nitrogen and oxygen atoms in total. The topological polar surface area (TPSA) is 125 Å². The van der Waals surface area contributed by atoms with Crippen LogP contribution < -0.4 is 10.6 Å². The summed E-state index contributed by atoms with van der Waals surface area (Å²) in [4.78, 5) is 33.1. The summed E-state index contributed by atoms with van der Waals surface area (Å²) in [6.07, 6.45) is 0.576. The Hall–Kier alpha value is -1.83. The maximum atomic E-state index is 11.7. The number of hydrogen-bond donors (Lipinski definition) is 4. The van der Waals surface area contributed by atoms with E-state index in [1.54, 1.807) is 0 Å². The second kappa shape index (κ2) is 6.56. The van der Waals surface area contributed by atoms with Crippen molar-refractivity contribution in [1.82, 2.24) is 10.6 Å². The van der Waals surface area contributed by atoms with E-state index in [1.165, 1.54) is 0 Å². The minimum atomic E-state index is -1.44. The molecule has 1 fully saturated rings. The van der Waals surface area contributed by atoms with Crippen molar-refractivity contribution in [2.45, 2.75) is 50.8 Å². The number of ether oxygens (including phenoxy) is 1. The van der Waals surface area contributed by atoms with Crippen LogP contribution in [0.1, 0.15) is 33.1 Å². The highest BCUT2D eigenvalue weighted by Crippen LogP contribution is 2.23. The number of carbonyl (C=O) groups excluding carboxylic acids is 1. The molecule has 1 aliphatic heterocycles. The van der Waals surface area contributed by atoms with Crippen molar-refractivity contribution in [2.24, 2.45) is 0 Å². The van der Waals surface area contributed by atoms with Crippen LogP contribution in [-0.4, -0.2) is 52.5 Å². The molecule has 1 heterocycles. The summed E-state index contributed by atoms with van der Waals surface area (Å²) in [5.41, 5.74) is -0.344. The Balaban J connectivity index is 2.49. The van der Waals surface area contributed by atoms with Crippen molar-refractivity contribution in [2.75, 3.05) is 6.61 Å². The van der Waals surface area contributed by atoms with E-state index >= 15 is 0 Å². The zero-order chi connectivity index (χ0) is 15.3. The Bertz CT molecular complexity index is 395. The summed E-state index contributed by atoms with van der Waals surface area (Å²) in [5, 5.41) is 22.2. The van der Waals surface area contributed by atoms with E-state index in [1.807, 2.05) is 13.8 Å². The van der Waals surface area contributed by atoms with E-state index < -0.39 is 30.4 Å². The van der Waals surface area contributed by atoms with Crippen LogP contribution in [0.15, 0.2) is 0 Å². The Morgan fingerprint density at radius 2 is 2.00 bits per heavy atom. The van der Waals surface area contributed by atoms with Crippen molar-refractivity contribution >= 4 is 18.0 Å². The van der Waals surface area contributed by atoms with Gasteiger partial charge < -0.3 is 25.6 Å². The van der Waals surface area contributed by atoms with Crippen LogP contribution in [-0.2, 0) is 14.3 Å². The van der Waals surface area contributed by atoms with Crippen molar-refractivity contribution in [3.8, 4) is 0 Å². The van der Waals surface area contributed by atoms with E-state index in [9.17, 15) is 14.4 Å². The molecule has 0 saturated carbocycles. The number of aliphatic carboxylic acids is 2. The van der Waals surface area contributed by atoms with E-state index in [-0.39, 0.29) is 11.6 Å². The summed E-state index contributed by atoms with van der Waals surface area (Å²) in [7, 11) is 0. The second-order valence-electron chi connectivity index (χ2n) is 5.40. The fourth-order valence-corrected chi connectivity index (χ4v) is 2.12. The molecule has 1 rings (SSSR count). The number of carboxylic acids is 2. The summed E-state index contributed by atoms with van der Waals surface area (Å²) >= 11 is 0. The third kappa shape index (κ3) is 5.43. The van der Waals surface area contributed by atoms with Gasteiger partial charge in [-0.25, -0.2) is 9.59 Å². The largest absolute Gasteiger partial charge is 0.481 e. The molecule has 20 heavy (non-hydrogen) atoms. The molecule has 0 aromatic carbocycles. The van der Waals surface area contributed by atoms with Crippen molar-refractivity contribution in [1.29, 1.82) is 0 Å². The first-order chi connectivity index (χ1) is 9.19. The predicted octanol–water partition coefficient (Wildman–Crippen LogP) is 0.171. The molecule has 1 aliphatic rings. The molecular formula is C12H20N2O6. The fourth-order valence-electron chi connectivity index (χ4n) is 2.12. The SMILES string of the molecule is CC1(C)CC(NC(=O)N[C@@H](CC(=O)O)C(=O)O)CCO1. The van der Waals surface area contributed by atoms with Gasteiger partial charge in [-0.15, -0.1) is 0 Å². The van der Waals surface area contributed by atoms with Crippen LogP contribution in [0.5, 0.6) is 0 Å². The summed E-state index contributed by atoms with van der Waals surface area (Å²) < 4.78 is 5.51. The average Bonchev–Trinajstić information content (AvgIpc) is 2.25. The highest BCUT2D eigenvalue weighted by atomic mass is 16.5. The highest BCUT2D eigenvalue weighted by molar-refractivity contribution is 5.86. The highest BCUT2D eigenvalue weighted by Gasteiger charge is 2.30. The van der Waals surface area contributed by atoms with Gasteiger partial charge in [-0.3, -0.25) is 4.79 Å². The van der Waals surface area contributed by atoms with E-state index in [4.69, 9.17) is 14.9 Å². The normalized spacial score (nSPS) is 22.6. The molecule has 114 valence electrons. The number of nitrogens with one attached hydrogen (secondary N) is 2. The molecule has 4 N–H and O–H groups in total. The lowest BCUT2D eigenvalue weighted by Gasteiger charge is -2.35. The van der Waals surface area contributed by atoms with Gasteiger partial charge >= 0.3 is 18.0 Å². The lowest BCUT2D eigenvalue weighted by atomic mass is 9.94. The number of hydrogen-bond acceptors (Lipinski definition) is 4. The molecule has 2 atom stereocenters. The van der Waals surface area contributed by atoms with Crippen LogP contribution in [0.25, 0.3) is 0 Å². The number of carbonyl (C=O) groups is 3. The molecule has 0 bridgehead atoms. The van der Waals surface area contributed by atoms with Crippen molar-refractivity contribution in [3.05, 3.63) is 0 Å². The molecule has 0 spiro atoms. The standard InChI is InChI=1S/C12H20N2O6/c1-12(2)6-7(3-4-20-12)13-11(19)14-8(10(17)18)5-9(15)16/h7-8H,3-6H2,1-2H3,(H,15,16)(H,17,18)(H2,13,14,19)/t7?,8-/m0/s1. The molecule has 0 aliphatic carbocycles. The summed E-state index contributed by atoms with van der Waals surface area (Å²) in [6, 6.07) is -2.25. The molecule has 1 saturated heterocycles. The number of rotatable bonds is 5. The third-order valence-corrected chi connectivity index (χ3v) is 3.01. The van der Waals surface area contributed by atoms with Crippen LogP contribution >= 0.6 is 0 Å². The second-order valence-corrected chi connectivity index (χ2v) is 5.40. The third-order valence-electron chi connectivity index (χ3n) is 3.01. The monoisotopic (exact) mass is 288 g/mol. The maximum Gasteiger partial charge on any atom is 0.326 e. The lowest BCUT2D eigenvalue weighted by Crippen LogP contribution is -2.52. The Labute approximate surface area is 116 Å². The molecular weight excluding hydrogens is 268 g/mol. The van der Waals surface area contributed by atoms with E-state index in [0.717, 1.165) is 0 Å².